The van der Waals surface area contributed by atoms with Crippen molar-refractivity contribution in [3.8, 4) is 10.6 Å². The third-order valence-electron chi connectivity index (χ3n) is 4.74. The Kier molecular flexibility index (Phi) is 5.82. The molecular formula is C18H21ClN4OS2. The lowest BCUT2D eigenvalue weighted by Gasteiger charge is -2.31. The van der Waals surface area contributed by atoms with Crippen molar-refractivity contribution in [1.29, 1.82) is 0 Å². The van der Waals surface area contributed by atoms with E-state index in [-0.39, 0.29) is 24.4 Å². The number of nitrogens with zero attached hydrogens (tertiary/aromatic N) is 2. The number of amides is 1. The zero-order chi connectivity index (χ0) is 17.4. The topological polar surface area (TPSA) is 71.2 Å². The molecule has 26 heavy (non-hydrogen) atoms. The van der Waals surface area contributed by atoms with Gasteiger partial charge in [0.15, 0.2) is 0 Å². The summed E-state index contributed by atoms with van der Waals surface area (Å²) < 4.78 is 0. The number of piperidine rings is 1. The fourth-order valence-corrected chi connectivity index (χ4v) is 5.01. The van der Waals surface area contributed by atoms with Gasteiger partial charge >= 0.3 is 0 Å². The summed E-state index contributed by atoms with van der Waals surface area (Å²) in [4.78, 5) is 22.1. The van der Waals surface area contributed by atoms with Gasteiger partial charge in [-0.05, 0) is 49.5 Å². The van der Waals surface area contributed by atoms with Crippen molar-refractivity contribution in [1.82, 2.24) is 15.2 Å². The molecule has 0 saturated carbocycles. The molecule has 1 amide bonds. The number of aromatic nitrogens is 1. The van der Waals surface area contributed by atoms with Crippen molar-refractivity contribution in [3.05, 3.63) is 34.5 Å². The van der Waals surface area contributed by atoms with Gasteiger partial charge in [0.1, 0.15) is 9.71 Å². The Labute approximate surface area is 166 Å². The van der Waals surface area contributed by atoms with Gasteiger partial charge in [-0.15, -0.1) is 35.1 Å². The van der Waals surface area contributed by atoms with Crippen LogP contribution >= 0.6 is 35.1 Å². The van der Waals surface area contributed by atoms with Crippen molar-refractivity contribution < 1.29 is 4.79 Å². The Hall–Kier alpha value is -1.67. The monoisotopic (exact) mass is 408 g/mol. The fourth-order valence-electron chi connectivity index (χ4n) is 3.24. The molecule has 3 aromatic rings. The first-order valence-electron chi connectivity index (χ1n) is 8.36. The minimum absolute atomic E-state index is 0. The smallest absolute Gasteiger partial charge is 0.266 e. The van der Waals surface area contributed by atoms with Gasteiger partial charge in [0.2, 0.25) is 0 Å². The molecule has 3 N–H and O–H groups in total. The Balaban J connectivity index is 0.00000196. The van der Waals surface area contributed by atoms with Crippen LogP contribution in [-0.4, -0.2) is 42.0 Å². The largest absolute Gasteiger partial charge is 0.397 e. The summed E-state index contributed by atoms with van der Waals surface area (Å²) in [6.45, 7) is 1.91. The van der Waals surface area contributed by atoms with E-state index in [9.17, 15) is 4.79 Å². The first kappa shape index (κ1) is 19.1. The number of thiophene rings is 2. The van der Waals surface area contributed by atoms with Crippen LogP contribution in [0.3, 0.4) is 0 Å². The molecule has 1 fully saturated rings. The number of hydrogen-bond acceptors (Lipinski definition) is 6. The number of pyridine rings is 1. The molecular weight excluding hydrogens is 388 g/mol. The van der Waals surface area contributed by atoms with Gasteiger partial charge in [-0.25, -0.2) is 4.98 Å². The van der Waals surface area contributed by atoms with Crippen molar-refractivity contribution in [2.24, 2.45) is 0 Å². The SMILES string of the molecule is CN(C(=O)c1sc2nc(-c3cccs3)ccc2c1N)C1CCNCC1.Cl. The van der Waals surface area contributed by atoms with Crippen LogP contribution in [0, 0.1) is 0 Å². The molecule has 1 aliphatic rings. The average molecular weight is 409 g/mol. The first-order valence-corrected chi connectivity index (χ1v) is 10.1. The Morgan fingerprint density at radius 2 is 2.08 bits per heavy atom. The van der Waals surface area contributed by atoms with Crippen LogP contribution in [0.15, 0.2) is 29.6 Å². The summed E-state index contributed by atoms with van der Waals surface area (Å²) in [5.41, 5.74) is 7.77. The number of rotatable bonds is 3. The van der Waals surface area contributed by atoms with Crippen molar-refractivity contribution in [2.75, 3.05) is 25.9 Å². The molecule has 4 rings (SSSR count). The molecule has 0 atom stereocenters. The van der Waals surface area contributed by atoms with Crippen LogP contribution in [0.2, 0.25) is 0 Å². The van der Waals surface area contributed by atoms with Gasteiger partial charge in [-0.1, -0.05) is 6.07 Å². The van der Waals surface area contributed by atoms with Crippen molar-refractivity contribution in [2.45, 2.75) is 18.9 Å². The molecule has 0 aromatic carbocycles. The highest BCUT2D eigenvalue weighted by atomic mass is 35.5. The van der Waals surface area contributed by atoms with E-state index in [1.165, 1.54) is 11.3 Å². The van der Waals surface area contributed by atoms with E-state index in [2.05, 4.69) is 5.32 Å². The second kappa shape index (κ2) is 7.92. The molecule has 5 nitrogen and oxygen atoms in total. The van der Waals surface area contributed by atoms with Crippen LogP contribution in [0.4, 0.5) is 5.69 Å². The Morgan fingerprint density at radius 1 is 1.31 bits per heavy atom. The number of nitrogens with one attached hydrogen (secondary N) is 1. The quantitative estimate of drug-likeness (QED) is 0.690. The van der Waals surface area contributed by atoms with Crippen LogP contribution in [-0.2, 0) is 0 Å². The maximum Gasteiger partial charge on any atom is 0.266 e. The zero-order valence-electron chi connectivity index (χ0n) is 14.4. The van der Waals surface area contributed by atoms with Gasteiger partial charge in [-0.3, -0.25) is 4.79 Å². The summed E-state index contributed by atoms with van der Waals surface area (Å²) in [5, 5.41) is 6.23. The lowest BCUT2D eigenvalue weighted by Crippen LogP contribution is -2.43. The van der Waals surface area contributed by atoms with Crippen molar-refractivity contribution >= 4 is 56.9 Å². The van der Waals surface area contributed by atoms with Crippen molar-refractivity contribution in [3.63, 3.8) is 0 Å². The summed E-state index contributed by atoms with van der Waals surface area (Å²) in [6, 6.07) is 8.28. The fraction of sp³-hybridized carbons (Fsp3) is 0.333. The molecule has 0 bridgehead atoms. The number of hydrogen-bond donors (Lipinski definition) is 2. The third-order valence-corrected chi connectivity index (χ3v) is 6.73. The van der Waals surface area contributed by atoms with Crippen LogP contribution in [0.5, 0.6) is 0 Å². The number of anilines is 1. The highest BCUT2D eigenvalue weighted by Gasteiger charge is 2.26. The molecule has 3 aromatic heterocycles. The molecule has 8 heteroatoms. The standard InChI is InChI=1S/C18H20N4OS2.ClH/c1-22(11-6-8-20-9-7-11)18(23)16-15(19)12-4-5-13(21-17(12)25-16)14-3-2-10-24-14;/h2-5,10-11,20H,6-9,19H2,1H3;1H. The Morgan fingerprint density at radius 3 is 2.77 bits per heavy atom. The zero-order valence-corrected chi connectivity index (χ0v) is 16.8. The highest BCUT2D eigenvalue weighted by molar-refractivity contribution is 7.21. The number of carbonyl (C=O) groups excluding carboxylic acids is 1. The molecule has 0 spiro atoms. The minimum Gasteiger partial charge on any atom is -0.397 e. The lowest BCUT2D eigenvalue weighted by molar-refractivity contribution is 0.0709. The second-order valence-electron chi connectivity index (χ2n) is 6.27. The molecule has 0 radical (unpaired) electrons. The second-order valence-corrected chi connectivity index (χ2v) is 8.22. The van der Waals surface area contributed by atoms with Gasteiger partial charge in [0.05, 0.1) is 16.3 Å². The number of carbonyl (C=O) groups is 1. The van der Waals surface area contributed by atoms with Gasteiger partial charge in [0, 0.05) is 18.5 Å². The van der Waals surface area contributed by atoms with E-state index in [1.807, 2.05) is 41.6 Å². The van der Waals surface area contributed by atoms with E-state index in [0.717, 1.165) is 46.7 Å². The lowest BCUT2D eigenvalue weighted by atomic mass is 10.1. The first-order chi connectivity index (χ1) is 12.1. The van der Waals surface area contributed by atoms with Gasteiger partial charge in [-0.2, -0.15) is 0 Å². The summed E-state index contributed by atoms with van der Waals surface area (Å²) in [6.07, 6.45) is 1.96. The number of halogens is 1. The normalized spacial score (nSPS) is 15.0. The predicted octanol–water partition coefficient (Wildman–Crippen LogP) is 3.85. The molecule has 1 saturated heterocycles. The van der Waals surface area contributed by atoms with Crippen LogP contribution in [0.25, 0.3) is 20.8 Å². The summed E-state index contributed by atoms with van der Waals surface area (Å²) in [5.74, 6) is 0.00470. The van der Waals surface area contributed by atoms with Crippen LogP contribution in [0.1, 0.15) is 22.5 Å². The van der Waals surface area contributed by atoms with Crippen LogP contribution < -0.4 is 11.1 Å². The average Bonchev–Trinajstić information content (AvgIpc) is 3.29. The number of nitrogen functional groups attached to an aromatic ring is 1. The van der Waals surface area contributed by atoms with E-state index in [0.29, 0.717) is 10.6 Å². The number of fused-ring (bicyclic) bond motifs is 1. The predicted molar refractivity (Wildman–Crippen MR) is 113 cm³/mol. The summed E-state index contributed by atoms with van der Waals surface area (Å²) >= 11 is 3.05. The number of nitrogens with two attached hydrogens (primary N) is 1. The van der Waals surface area contributed by atoms with Gasteiger partial charge < -0.3 is 16.0 Å². The van der Waals surface area contributed by atoms with E-state index in [1.54, 1.807) is 11.3 Å². The molecule has 138 valence electrons. The molecule has 4 heterocycles. The van der Waals surface area contributed by atoms with E-state index < -0.39 is 0 Å². The molecule has 0 unspecified atom stereocenters. The van der Waals surface area contributed by atoms with Gasteiger partial charge in [0.25, 0.3) is 5.91 Å². The molecule has 1 aliphatic heterocycles. The summed E-state index contributed by atoms with van der Waals surface area (Å²) in [7, 11) is 1.88. The third kappa shape index (κ3) is 3.44. The minimum atomic E-state index is 0. The maximum absolute atomic E-state index is 13.0. The van der Waals surface area contributed by atoms with E-state index >= 15 is 0 Å². The maximum atomic E-state index is 13.0. The highest BCUT2D eigenvalue weighted by Crippen LogP contribution is 2.36. The molecule has 0 aliphatic carbocycles. The Bertz CT molecular complexity index is 903. The van der Waals surface area contributed by atoms with E-state index in [4.69, 9.17) is 10.7 Å².